The Morgan fingerprint density at radius 1 is 0.950 bits per heavy atom. The van der Waals surface area contributed by atoms with Crippen molar-refractivity contribution in [2.45, 2.75) is 33.4 Å². The predicted octanol–water partition coefficient (Wildman–Crippen LogP) is 3.99. The van der Waals surface area contributed by atoms with E-state index in [0.29, 0.717) is 0 Å². The summed E-state index contributed by atoms with van der Waals surface area (Å²) in [6, 6.07) is 17.0. The van der Waals surface area contributed by atoms with Gasteiger partial charge in [0.1, 0.15) is 0 Å². The summed E-state index contributed by atoms with van der Waals surface area (Å²) in [4.78, 5) is 2.49. The van der Waals surface area contributed by atoms with Crippen molar-refractivity contribution < 1.29 is 0 Å². The van der Waals surface area contributed by atoms with Gasteiger partial charge in [-0.05, 0) is 43.1 Å². The van der Waals surface area contributed by atoms with E-state index in [0.717, 1.165) is 25.3 Å². The van der Waals surface area contributed by atoms with E-state index in [1.54, 1.807) is 0 Å². The molecule has 0 unspecified atom stereocenters. The SMILES string of the molecule is CCCN(Cc1ccc(N)cc1)Cc1cccc(C)c1. The smallest absolute Gasteiger partial charge is 0.0314 e. The maximum absolute atomic E-state index is 5.74. The van der Waals surface area contributed by atoms with Gasteiger partial charge in [-0.25, -0.2) is 0 Å². The minimum absolute atomic E-state index is 0.828. The third-order valence-electron chi connectivity index (χ3n) is 3.41. The molecule has 2 nitrogen and oxygen atoms in total. The Kier molecular flexibility index (Phi) is 5.19. The van der Waals surface area contributed by atoms with Crippen LogP contribution in [0.1, 0.15) is 30.0 Å². The average Bonchev–Trinajstić information content (AvgIpc) is 2.42. The third-order valence-corrected chi connectivity index (χ3v) is 3.41. The van der Waals surface area contributed by atoms with Crippen molar-refractivity contribution in [3.05, 3.63) is 65.2 Å². The van der Waals surface area contributed by atoms with Gasteiger partial charge in [0.05, 0.1) is 0 Å². The minimum Gasteiger partial charge on any atom is -0.399 e. The summed E-state index contributed by atoms with van der Waals surface area (Å²) in [6.07, 6.45) is 1.17. The van der Waals surface area contributed by atoms with Gasteiger partial charge in [-0.2, -0.15) is 0 Å². The second-order valence-electron chi connectivity index (χ2n) is 5.44. The van der Waals surface area contributed by atoms with Crippen molar-refractivity contribution in [3.8, 4) is 0 Å². The van der Waals surface area contributed by atoms with Gasteiger partial charge in [0, 0.05) is 18.8 Å². The van der Waals surface area contributed by atoms with E-state index >= 15 is 0 Å². The lowest BCUT2D eigenvalue weighted by molar-refractivity contribution is 0.257. The van der Waals surface area contributed by atoms with Crippen molar-refractivity contribution in [1.29, 1.82) is 0 Å². The van der Waals surface area contributed by atoms with Gasteiger partial charge in [-0.1, -0.05) is 48.9 Å². The molecule has 2 heteroatoms. The molecule has 0 aromatic heterocycles. The molecule has 0 aliphatic rings. The van der Waals surface area contributed by atoms with Gasteiger partial charge in [0.15, 0.2) is 0 Å². The zero-order valence-corrected chi connectivity index (χ0v) is 12.5. The Morgan fingerprint density at radius 2 is 1.65 bits per heavy atom. The molecule has 0 aliphatic carbocycles. The van der Waals surface area contributed by atoms with Crippen LogP contribution in [-0.2, 0) is 13.1 Å². The summed E-state index contributed by atoms with van der Waals surface area (Å²) in [6.45, 7) is 7.46. The van der Waals surface area contributed by atoms with Crippen LogP contribution in [0.4, 0.5) is 5.69 Å². The van der Waals surface area contributed by atoms with Crippen LogP contribution >= 0.6 is 0 Å². The monoisotopic (exact) mass is 268 g/mol. The van der Waals surface area contributed by atoms with Crippen LogP contribution in [0.5, 0.6) is 0 Å². The van der Waals surface area contributed by atoms with E-state index in [-0.39, 0.29) is 0 Å². The number of nitrogens with zero attached hydrogens (tertiary/aromatic N) is 1. The predicted molar refractivity (Wildman–Crippen MR) is 86.4 cm³/mol. The number of nitrogens with two attached hydrogens (primary N) is 1. The number of benzene rings is 2. The highest BCUT2D eigenvalue weighted by Gasteiger charge is 2.06. The van der Waals surface area contributed by atoms with Gasteiger partial charge in [-0.15, -0.1) is 0 Å². The van der Waals surface area contributed by atoms with Crippen LogP contribution in [0, 0.1) is 6.92 Å². The first-order chi connectivity index (χ1) is 9.67. The first kappa shape index (κ1) is 14.6. The van der Waals surface area contributed by atoms with Crippen LogP contribution in [0.3, 0.4) is 0 Å². The summed E-state index contributed by atoms with van der Waals surface area (Å²) in [5, 5.41) is 0. The molecule has 0 heterocycles. The highest BCUT2D eigenvalue weighted by molar-refractivity contribution is 5.39. The Morgan fingerprint density at radius 3 is 2.30 bits per heavy atom. The average molecular weight is 268 g/mol. The fourth-order valence-electron chi connectivity index (χ4n) is 2.48. The van der Waals surface area contributed by atoms with Gasteiger partial charge < -0.3 is 5.73 Å². The molecular weight excluding hydrogens is 244 g/mol. The lowest BCUT2D eigenvalue weighted by atomic mass is 10.1. The van der Waals surface area contributed by atoms with Crippen LogP contribution < -0.4 is 5.73 Å². The topological polar surface area (TPSA) is 29.3 Å². The normalized spacial score (nSPS) is 10.9. The van der Waals surface area contributed by atoms with E-state index in [1.807, 2.05) is 12.1 Å². The molecule has 2 N–H and O–H groups in total. The highest BCUT2D eigenvalue weighted by atomic mass is 15.1. The molecule has 2 aromatic rings. The first-order valence-electron chi connectivity index (χ1n) is 7.29. The van der Waals surface area contributed by atoms with Crippen molar-refractivity contribution in [3.63, 3.8) is 0 Å². The van der Waals surface area contributed by atoms with E-state index in [2.05, 4.69) is 55.1 Å². The zero-order valence-electron chi connectivity index (χ0n) is 12.5. The number of hydrogen-bond acceptors (Lipinski definition) is 2. The fourth-order valence-corrected chi connectivity index (χ4v) is 2.48. The molecule has 20 heavy (non-hydrogen) atoms. The summed E-state index contributed by atoms with van der Waals surface area (Å²) in [5.74, 6) is 0. The Bertz CT molecular complexity index is 531. The first-order valence-corrected chi connectivity index (χ1v) is 7.29. The minimum atomic E-state index is 0.828. The largest absolute Gasteiger partial charge is 0.399 e. The molecule has 0 saturated heterocycles. The lowest BCUT2D eigenvalue weighted by Gasteiger charge is -2.22. The van der Waals surface area contributed by atoms with E-state index < -0.39 is 0 Å². The highest BCUT2D eigenvalue weighted by Crippen LogP contribution is 2.13. The number of nitrogen functional groups attached to an aromatic ring is 1. The molecule has 0 aliphatic heterocycles. The van der Waals surface area contributed by atoms with Gasteiger partial charge in [0.2, 0.25) is 0 Å². The van der Waals surface area contributed by atoms with Gasteiger partial charge >= 0.3 is 0 Å². The Hall–Kier alpha value is -1.80. The quantitative estimate of drug-likeness (QED) is 0.803. The third kappa shape index (κ3) is 4.39. The number of rotatable bonds is 6. The van der Waals surface area contributed by atoms with Crippen LogP contribution in [-0.4, -0.2) is 11.4 Å². The molecule has 0 saturated carbocycles. The van der Waals surface area contributed by atoms with Gasteiger partial charge in [0.25, 0.3) is 0 Å². The van der Waals surface area contributed by atoms with Crippen molar-refractivity contribution in [1.82, 2.24) is 4.90 Å². The van der Waals surface area contributed by atoms with Crippen molar-refractivity contribution >= 4 is 5.69 Å². The zero-order chi connectivity index (χ0) is 14.4. The number of hydrogen-bond donors (Lipinski definition) is 1. The van der Waals surface area contributed by atoms with Crippen molar-refractivity contribution in [2.75, 3.05) is 12.3 Å². The molecule has 2 rings (SSSR count). The molecule has 2 aromatic carbocycles. The van der Waals surface area contributed by atoms with Crippen LogP contribution in [0.25, 0.3) is 0 Å². The van der Waals surface area contributed by atoms with E-state index in [1.165, 1.54) is 23.1 Å². The summed E-state index contributed by atoms with van der Waals surface area (Å²) >= 11 is 0. The Balaban J connectivity index is 2.05. The fraction of sp³-hybridized carbons (Fsp3) is 0.333. The Labute approximate surface area is 122 Å². The summed E-state index contributed by atoms with van der Waals surface area (Å²) < 4.78 is 0. The molecule has 0 amide bonds. The lowest BCUT2D eigenvalue weighted by Crippen LogP contribution is -2.23. The van der Waals surface area contributed by atoms with Gasteiger partial charge in [-0.3, -0.25) is 4.90 Å². The molecule has 0 atom stereocenters. The molecule has 106 valence electrons. The molecule has 0 spiro atoms. The number of aryl methyl sites for hydroxylation is 1. The molecular formula is C18H24N2. The maximum Gasteiger partial charge on any atom is 0.0314 e. The van der Waals surface area contributed by atoms with Crippen LogP contribution in [0.15, 0.2) is 48.5 Å². The van der Waals surface area contributed by atoms with E-state index in [9.17, 15) is 0 Å². The molecule has 0 bridgehead atoms. The summed E-state index contributed by atoms with van der Waals surface area (Å²) in [7, 11) is 0. The molecule has 0 radical (unpaired) electrons. The maximum atomic E-state index is 5.74. The molecule has 0 fully saturated rings. The van der Waals surface area contributed by atoms with Crippen molar-refractivity contribution in [2.24, 2.45) is 0 Å². The van der Waals surface area contributed by atoms with E-state index in [4.69, 9.17) is 5.73 Å². The second kappa shape index (κ2) is 7.11. The number of anilines is 1. The van der Waals surface area contributed by atoms with Crippen LogP contribution in [0.2, 0.25) is 0 Å². The standard InChI is InChI=1S/C18H24N2/c1-3-11-20(13-16-7-9-18(19)10-8-16)14-17-6-4-5-15(2)12-17/h4-10,12H,3,11,13-14,19H2,1-2H3. The second-order valence-corrected chi connectivity index (χ2v) is 5.44. The summed E-state index contributed by atoms with van der Waals surface area (Å²) in [5.41, 5.74) is 10.6.